The van der Waals surface area contributed by atoms with Gasteiger partial charge in [0.05, 0.1) is 11.1 Å². The Balaban J connectivity index is 1.54. The number of hydrogen-bond acceptors (Lipinski definition) is 8. The molecule has 6 rings (SSSR count). The van der Waals surface area contributed by atoms with Gasteiger partial charge in [-0.05, 0) is 67.8 Å². The molecule has 1 amide bonds. The number of hydrogen-bond donors (Lipinski definition) is 2. The van der Waals surface area contributed by atoms with Crippen LogP contribution in [0.3, 0.4) is 0 Å². The van der Waals surface area contributed by atoms with Crippen molar-refractivity contribution in [3.05, 3.63) is 121 Å². The molecule has 0 atom stereocenters. The highest BCUT2D eigenvalue weighted by Gasteiger charge is 2.29. The Morgan fingerprint density at radius 1 is 0.850 bits per heavy atom. The molecule has 5 aromatic rings. The molecule has 3 heterocycles. The number of anilines is 1. The predicted octanol–water partition coefficient (Wildman–Crippen LogP) is 4.87. The van der Waals surface area contributed by atoms with Crippen LogP contribution in [0.25, 0.3) is 28.0 Å². The van der Waals surface area contributed by atoms with Crippen LogP contribution >= 0.6 is 0 Å². The third-order valence-electron chi connectivity index (χ3n) is 6.78. The van der Waals surface area contributed by atoms with Crippen molar-refractivity contribution < 1.29 is 18.7 Å². The van der Waals surface area contributed by atoms with Crippen LogP contribution in [-0.4, -0.2) is 16.8 Å². The van der Waals surface area contributed by atoms with Crippen molar-refractivity contribution >= 4 is 45.4 Å². The molecule has 1 aliphatic heterocycles. The highest BCUT2D eigenvalue weighted by Crippen LogP contribution is 2.32. The highest BCUT2D eigenvalue weighted by molar-refractivity contribution is 6.18. The first-order chi connectivity index (χ1) is 19.2. The van der Waals surface area contributed by atoms with Gasteiger partial charge in [0.1, 0.15) is 28.2 Å². The molecule has 40 heavy (non-hydrogen) atoms. The van der Waals surface area contributed by atoms with Gasteiger partial charge in [0, 0.05) is 17.0 Å². The van der Waals surface area contributed by atoms with Crippen LogP contribution in [0, 0.1) is 20.8 Å². The van der Waals surface area contributed by atoms with Gasteiger partial charge in [-0.3, -0.25) is 10.2 Å². The van der Waals surface area contributed by atoms with Crippen LogP contribution in [0.4, 0.5) is 5.69 Å². The maximum absolute atomic E-state index is 13.4. The lowest BCUT2D eigenvalue weighted by Gasteiger charge is -2.31. The van der Waals surface area contributed by atoms with E-state index in [4.69, 9.17) is 8.83 Å². The van der Waals surface area contributed by atoms with Gasteiger partial charge in [0.25, 0.3) is 5.91 Å². The number of aliphatic imine (C=N–C) groups is 1. The summed E-state index contributed by atoms with van der Waals surface area (Å²) in [5, 5.41) is 13.5. The minimum Gasteiger partial charge on any atom is -0.506 e. The van der Waals surface area contributed by atoms with E-state index in [2.05, 4.69) is 10.4 Å². The largest absolute Gasteiger partial charge is 0.506 e. The van der Waals surface area contributed by atoms with E-state index in [-0.39, 0.29) is 22.6 Å². The Morgan fingerprint density at radius 3 is 2.38 bits per heavy atom. The van der Waals surface area contributed by atoms with Crippen LogP contribution in [0.1, 0.15) is 27.8 Å². The summed E-state index contributed by atoms with van der Waals surface area (Å²) in [6.07, 6.45) is 1.22. The molecule has 0 unspecified atom stereocenters. The van der Waals surface area contributed by atoms with Crippen LogP contribution in [0.2, 0.25) is 0 Å². The van der Waals surface area contributed by atoms with E-state index in [1.165, 1.54) is 12.1 Å². The van der Waals surface area contributed by atoms with Gasteiger partial charge < -0.3 is 13.9 Å². The van der Waals surface area contributed by atoms with E-state index >= 15 is 0 Å². The van der Waals surface area contributed by atoms with Crippen molar-refractivity contribution in [2.75, 3.05) is 5.01 Å². The second-order valence-corrected chi connectivity index (χ2v) is 9.64. The van der Waals surface area contributed by atoms with E-state index in [0.717, 1.165) is 16.7 Å². The molecule has 0 radical (unpaired) electrons. The molecule has 0 saturated heterocycles. The zero-order chi connectivity index (χ0) is 28.1. The van der Waals surface area contributed by atoms with Crippen molar-refractivity contribution in [3.8, 4) is 5.75 Å². The van der Waals surface area contributed by atoms with Crippen molar-refractivity contribution in [2.24, 2.45) is 4.99 Å². The average molecular weight is 534 g/mol. The molecule has 198 valence electrons. The molecule has 0 bridgehead atoms. The summed E-state index contributed by atoms with van der Waals surface area (Å²) in [5.74, 6) is -0.518. The molecule has 3 aromatic carbocycles. The zero-order valence-corrected chi connectivity index (χ0v) is 21.8. The van der Waals surface area contributed by atoms with Gasteiger partial charge in [0.2, 0.25) is 0 Å². The SMILES string of the molecule is Cc1ccc2c(O)c(/C=C3/N=C(c4ccccc4)N(c4cc5c(C)cc(=O)oc5cc4C)NC3=O)c(=O)oc2c1. The quantitative estimate of drug-likeness (QED) is 0.250. The van der Waals surface area contributed by atoms with Gasteiger partial charge in [-0.15, -0.1) is 0 Å². The molecule has 0 spiro atoms. The van der Waals surface area contributed by atoms with Gasteiger partial charge >= 0.3 is 11.3 Å². The Bertz CT molecular complexity index is 2040. The number of amidine groups is 1. The predicted molar refractivity (Wildman–Crippen MR) is 152 cm³/mol. The Hall–Kier alpha value is -5.44. The third kappa shape index (κ3) is 4.23. The highest BCUT2D eigenvalue weighted by atomic mass is 16.4. The number of fused-ring (bicyclic) bond motifs is 2. The first-order valence-corrected chi connectivity index (χ1v) is 12.5. The van der Waals surface area contributed by atoms with E-state index in [1.54, 1.807) is 29.3 Å². The lowest BCUT2D eigenvalue weighted by molar-refractivity contribution is -0.117. The van der Waals surface area contributed by atoms with Gasteiger partial charge in [-0.2, -0.15) is 0 Å². The molecular formula is C31H23N3O6. The number of carbonyl (C=O) groups excluding carboxylic acids is 1. The molecular weight excluding hydrogens is 510 g/mol. The standard InChI is InChI=1S/C31H23N3O6/c1-16-9-10-20-25(11-16)40-31(38)22(28(20)36)14-23-30(37)33-34(29(32-23)19-7-5-4-6-8-19)24-15-21-17(2)13-27(35)39-26(21)12-18(24)3/h4-15,36H,1-3H3,(H,33,37)/b23-14+. The molecule has 9 heteroatoms. The monoisotopic (exact) mass is 533 g/mol. The summed E-state index contributed by atoms with van der Waals surface area (Å²) in [7, 11) is 0. The van der Waals surface area contributed by atoms with Crippen LogP contribution < -0.4 is 21.7 Å². The number of carbonyl (C=O) groups is 1. The molecule has 0 fully saturated rings. The Morgan fingerprint density at radius 2 is 1.60 bits per heavy atom. The lowest BCUT2D eigenvalue weighted by atomic mass is 10.1. The number of aromatic hydroxyl groups is 1. The first kappa shape index (κ1) is 24.9. The number of hydrazine groups is 1. The lowest BCUT2D eigenvalue weighted by Crippen LogP contribution is -2.51. The maximum atomic E-state index is 13.4. The van der Waals surface area contributed by atoms with Gasteiger partial charge in [-0.25, -0.2) is 19.6 Å². The number of aryl methyl sites for hydroxylation is 3. The zero-order valence-electron chi connectivity index (χ0n) is 21.8. The second-order valence-electron chi connectivity index (χ2n) is 9.64. The summed E-state index contributed by atoms with van der Waals surface area (Å²) in [5.41, 5.74) is 5.64. The number of nitrogens with one attached hydrogen (secondary N) is 1. The average Bonchev–Trinajstić information content (AvgIpc) is 2.91. The van der Waals surface area contributed by atoms with E-state index in [0.29, 0.717) is 33.4 Å². The minimum atomic E-state index is -0.794. The van der Waals surface area contributed by atoms with Gasteiger partial charge in [0.15, 0.2) is 5.84 Å². The number of rotatable bonds is 3. The van der Waals surface area contributed by atoms with Crippen LogP contribution in [0.5, 0.6) is 5.75 Å². The maximum Gasteiger partial charge on any atom is 0.347 e. The number of amides is 1. The summed E-state index contributed by atoms with van der Waals surface area (Å²) in [4.78, 5) is 42.7. The molecule has 9 nitrogen and oxygen atoms in total. The van der Waals surface area contributed by atoms with Gasteiger partial charge in [-0.1, -0.05) is 36.4 Å². The number of benzene rings is 3. The van der Waals surface area contributed by atoms with Crippen LogP contribution in [-0.2, 0) is 4.79 Å². The van der Waals surface area contributed by atoms with Crippen molar-refractivity contribution in [1.29, 1.82) is 0 Å². The molecule has 1 aliphatic rings. The fourth-order valence-corrected chi connectivity index (χ4v) is 4.75. The van der Waals surface area contributed by atoms with Crippen molar-refractivity contribution in [2.45, 2.75) is 20.8 Å². The van der Waals surface area contributed by atoms with Crippen molar-refractivity contribution in [3.63, 3.8) is 0 Å². The van der Waals surface area contributed by atoms with E-state index < -0.39 is 17.2 Å². The minimum absolute atomic E-state index is 0.0928. The van der Waals surface area contributed by atoms with Crippen molar-refractivity contribution in [1.82, 2.24) is 5.43 Å². The fraction of sp³-hybridized carbons (Fsp3) is 0.0968. The smallest absolute Gasteiger partial charge is 0.347 e. The van der Waals surface area contributed by atoms with E-state index in [9.17, 15) is 19.5 Å². The normalized spacial score (nSPS) is 14.6. The van der Waals surface area contributed by atoms with Crippen LogP contribution in [0.15, 0.2) is 95.8 Å². The van der Waals surface area contributed by atoms with E-state index in [1.807, 2.05) is 57.2 Å². The summed E-state index contributed by atoms with van der Waals surface area (Å²) < 4.78 is 10.8. The topological polar surface area (TPSA) is 125 Å². The fourth-order valence-electron chi connectivity index (χ4n) is 4.75. The number of nitrogens with zero attached hydrogens (tertiary/aromatic N) is 2. The summed E-state index contributed by atoms with van der Waals surface area (Å²) in [6.45, 7) is 5.49. The second kappa shape index (κ2) is 9.39. The molecule has 2 aromatic heterocycles. The summed E-state index contributed by atoms with van der Waals surface area (Å²) >= 11 is 0. The third-order valence-corrected chi connectivity index (χ3v) is 6.78. The first-order valence-electron chi connectivity index (χ1n) is 12.5. The molecule has 0 aliphatic carbocycles. The Labute approximate surface area is 227 Å². The molecule has 2 N–H and O–H groups in total. The summed E-state index contributed by atoms with van der Waals surface area (Å²) in [6, 6.07) is 19.3. The molecule has 0 saturated carbocycles. The Kier molecular flexibility index (Phi) is 5.84.